The molecule has 8 nitrogen and oxygen atoms in total. The van der Waals surface area contributed by atoms with E-state index in [9.17, 15) is 14.4 Å². The maximum Gasteiger partial charge on any atom is 0.328 e. The second kappa shape index (κ2) is 9.06. The fourth-order valence-electron chi connectivity index (χ4n) is 2.84. The first-order valence-electron chi connectivity index (χ1n) is 8.89. The fraction of sp³-hybridized carbons (Fsp3) is 0.150. The van der Waals surface area contributed by atoms with Gasteiger partial charge in [0.05, 0.1) is 17.2 Å². The van der Waals surface area contributed by atoms with Crippen molar-refractivity contribution in [3.63, 3.8) is 0 Å². The van der Waals surface area contributed by atoms with Crippen LogP contribution in [0.1, 0.15) is 17.4 Å². The molecule has 0 radical (unpaired) electrons. The summed E-state index contributed by atoms with van der Waals surface area (Å²) in [7, 11) is 1.47. The summed E-state index contributed by atoms with van der Waals surface area (Å²) in [6, 6.07) is 11.4. The van der Waals surface area contributed by atoms with Gasteiger partial charge in [-0.25, -0.2) is 4.68 Å². The van der Waals surface area contributed by atoms with Crippen LogP contribution in [-0.2, 0) is 9.59 Å². The molecule has 0 unspecified atom stereocenters. The minimum absolute atomic E-state index is 0.0817. The van der Waals surface area contributed by atoms with Crippen molar-refractivity contribution in [2.45, 2.75) is 6.92 Å². The number of para-hydroxylation sites is 1. The first kappa shape index (κ1) is 21.5. The van der Waals surface area contributed by atoms with E-state index in [0.717, 1.165) is 0 Å². The van der Waals surface area contributed by atoms with E-state index in [1.807, 2.05) is 0 Å². The van der Waals surface area contributed by atoms with Gasteiger partial charge in [0.2, 0.25) is 0 Å². The highest BCUT2D eigenvalue weighted by molar-refractivity contribution is 6.42. The van der Waals surface area contributed by atoms with Gasteiger partial charge in [-0.05, 0) is 37.3 Å². The quantitative estimate of drug-likeness (QED) is 0.520. The average Bonchev–Trinajstić information content (AvgIpc) is 3.09. The van der Waals surface area contributed by atoms with E-state index in [-0.39, 0.29) is 17.3 Å². The van der Waals surface area contributed by atoms with Crippen molar-refractivity contribution in [3.05, 3.63) is 58.2 Å². The van der Waals surface area contributed by atoms with Gasteiger partial charge in [0.1, 0.15) is 17.0 Å². The maximum absolute atomic E-state index is 13.0. The number of benzene rings is 2. The SMILES string of the molecule is CCNC(=O)C(=O)Nn1c(C(=O)Nc2ccc(Cl)c(Cl)c2)cc2cccc(OC)c21. The van der Waals surface area contributed by atoms with Crippen molar-refractivity contribution >= 4 is 57.5 Å². The molecule has 3 amide bonds. The molecule has 1 aromatic heterocycles. The molecule has 0 bridgehead atoms. The molecule has 0 saturated carbocycles. The van der Waals surface area contributed by atoms with E-state index in [1.54, 1.807) is 43.3 Å². The van der Waals surface area contributed by atoms with Gasteiger partial charge in [-0.15, -0.1) is 0 Å². The van der Waals surface area contributed by atoms with E-state index in [1.165, 1.54) is 17.9 Å². The number of nitrogens with zero attached hydrogens (tertiary/aromatic N) is 1. The van der Waals surface area contributed by atoms with Crippen LogP contribution in [0.15, 0.2) is 42.5 Å². The number of fused-ring (bicyclic) bond motifs is 1. The van der Waals surface area contributed by atoms with E-state index in [4.69, 9.17) is 27.9 Å². The maximum atomic E-state index is 13.0. The summed E-state index contributed by atoms with van der Waals surface area (Å²) in [4.78, 5) is 37.2. The standard InChI is InChI=1S/C20H18Cl2N4O4/c1-3-23-19(28)20(29)25-26-15(9-11-5-4-6-16(30-2)17(11)26)18(27)24-12-7-8-13(21)14(22)10-12/h4-10H,3H2,1-2H3,(H,23,28)(H,24,27)(H,25,29). The predicted octanol–water partition coefficient (Wildman–Crippen LogP) is 3.42. The number of aromatic nitrogens is 1. The Labute approximate surface area is 182 Å². The van der Waals surface area contributed by atoms with Crippen LogP contribution in [0, 0.1) is 0 Å². The zero-order valence-corrected chi connectivity index (χ0v) is 17.6. The number of ether oxygens (including phenoxy) is 1. The fourth-order valence-corrected chi connectivity index (χ4v) is 3.14. The number of likely N-dealkylation sites (N-methyl/N-ethyl adjacent to an activating group) is 1. The highest BCUT2D eigenvalue weighted by Crippen LogP contribution is 2.29. The Morgan fingerprint density at radius 2 is 1.80 bits per heavy atom. The number of anilines is 1. The highest BCUT2D eigenvalue weighted by atomic mass is 35.5. The van der Waals surface area contributed by atoms with Crippen LogP contribution in [-0.4, -0.2) is 36.1 Å². The van der Waals surface area contributed by atoms with E-state index < -0.39 is 17.7 Å². The Kier molecular flexibility index (Phi) is 6.49. The third kappa shape index (κ3) is 4.34. The zero-order chi connectivity index (χ0) is 21.8. The van der Waals surface area contributed by atoms with Gasteiger partial charge < -0.3 is 15.4 Å². The number of methoxy groups -OCH3 is 1. The second-order valence-corrected chi connectivity index (χ2v) is 6.96. The number of nitrogens with one attached hydrogen (secondary N) is 3. The smallest absolute Gasteiger partial charge is 0.328 e. The third-order valence-corrected chi connectivity index (χ3v) is 4.91. The summed E-state index contributed by atoms with van der Waals surface area (Å²) in [6.07, 6.45) is 0. The normalized spacial score (nSPS) is 10.5. The van der Waals surface area contributed by atoms with Crippen molar-refractivity contribution in [2.24, 2.45) is 0 Å². The monoisotopic (exact) mass is 448 g/mol. The lowest BCUT2D eigenvalue weighted by atomic mass is 10.2. The number of carbonyl (C=O) groups excluding carboxylic acids is 3. The summed E-state index contributed by atoms with van der Waals surface area (Å²) < 4.78 is 6.58. The average molecular weight is 449 g/mol. The van der Waals surface area contributed by atoms with Gasteiger partial charge in [0.15, 0.2) is 0 Å². The van der Waals surface area contributed by atoms with Crippen LogP contribution in [0.25, 0.3) is 10.9 Å². The molecule has 3 N–H and O–H groups in total. The molecule has 0 aliphatic heterocycles. The lowest BCUT2D eigenvalue weighted by molar-refractivity contribution is -0.136. The number of halogens is 2. The first-order chi connectivity index (χ1) is 14.3. The van der Waals surface area contributed by atoms with Crippen molar-refractivity contribution in [3.8, 4) is 5.75 Å². The topological polar surface area (TPSA) is 101 Å². The molecule has 0 aliphatic carbocycles. The lowest BCUT2D eigenvalue weighted by Gasteiger charge is -2.14. The van der Waals surface area contributed by atoms with Crippen molar-refractivity contribution in [2.75, 3.05) is 24.4 Å². The molecule has 10 heteroatoms. The summed E-state index contributed by atoms with van der Waals surface area (Å²) in [5.41, 5.74) is 3.38. The molecular formula is C20H18Cl2N4O4. The van der Waals surface area contributed by atoms with Crippen LogP contribution in [0.4, 0.5) is 5.69 Å². The van der Waals surface area contributed by atoms with Crippen molar-refractivity contribution < 1.29 is 19.1 Å². The van der Waals surface area contributed by atoms with Gasteiger partial charge in [-0.3, -0.25) is 19.8 Å². The van der Waals surface area contributed by atoms with Crippen LogP contribution >= 0.6 is 23.2 Å². The Morgan fingerprint density at radius 3 is 2.47 bits per heavy atom. The molecule has 3 rings (SSSR count). The van der Waals surface area contributed by atoms with Crippen LogP contribution in [0.2, 0.25) is 10.0 Å². The molecule has 156 valence electrons. The summed E-state index contributed by atoms with van der Waals surface area (Å²) >= 11 is 11.9. The Bertz CT molecular complexity index is 1140. The minimum atomic E-state index is -0.927. The number of hydrogen-bond acceptors (Lipinski definition) is 4. The molecule has 1 heterocycles. The molecule has 2 aromatic carbocycles. The Morgan fingerprint density at radius 1 is 1.03 bits per heavy atom. The third-order valence-electron chi connectivity index (χ3n) is 4.17. The van der Waals surface area contributed by atoms with E-state index in [2.05, 4.69) is 16.1 Å². The summed E-state index contributed by atoms with van der Waals surface area (Å²) in [5, 5.41) is 6.37. The minimum Gasteiger partial charge on any atom is -0.494 e. The molecule has 30 heavy (non-hydrogen) atoms. The van der Waals surface area contributed by atoms with Gasteiger partial charge in [-0.1, -0.05) is 35.3 Å². The van der Waals surface area contributed by atoms with Crippen LogP contribution in [0.5, 0.6) is 5.75 Å². The van der Waals surface area contributed by atoms with Crippen LogP contribution in [0.3, 0.4) is 0 Å². The van der Waals surface area contributed by atoms with Gasteiger partial charge >= 0.3 is 11.8 Å². The van der Waals surface area contributed by atoms with Crippen molar-refractivity contribution in [1.82, 2.24) is 9.99 Å². The number of rotatable bonds is 5. The summed E-state index contributed by atoms with van der Waals surface area (Å²) in [5.74, 6) is -1.88. The molecule has 0 atom stereocenters. The van der Waals surface area contributed by atoms with Crippen LogP contribution < -0.4 is 20.8 Å². The molecule has 0 fully saturated rings. The number of carbonyl (C=O) groups is 3. The lowest BCUT2D eigenvalue weighted by Crippen LogP contribution is -2.39. The highest BCUT2D eigenvalue weighted by Gasteiger charge is 2.22. The first-order valence-corrected chi connectivity index (χ1v) is 9.65. The van der Waals surface area contributed by atoms with Gasteiger partial charge in [-0.2, -0.15) is 0 Å². The van der Waals surface area contributed by atoms with E-state index in [0.29, 0.717) is 27.4 Å². The molecular weight excluding hydrogens is 431 g/mol. The summed E-state index contributed by atoms with van der Waals surface area (Å²) in [6.45, 7) is 1.97. The van der Waals surface area contributed by atoms with Gasteiger partial charge in [0.25, 0.3) is 5.91 Å². The number of amides is 3. The number of hydrogen-bond donors (Lipinski definition) is 3. The van der Waals surface area contributed by atoms with E-state index >= 15 is 0 Å². The molecule has 0 aliphatic rings. The largest absolute Gasteiger partial charge is 0.494 e. The molecule has 0 saturated heterocycles. The zero-order valence-electron chi connectivity index (χ0n) is 16.1. The van der Waals surface area contributed by atoms with Crippen molar-refractivity contribution in [1.29, 1.82) is 0 Å². The Balaban J connectivity index is 2.04. The predicted molar refractivity (Wildman–Crippen MR) is 116 cm³/mol. The van der Waals surface area contributed by atoms with Gasteiger partial charge in [0, 0.05) is 17.6 Å². The Hall–Kier alpha value is -3.23. The second-order valence-electron chi connectivity index (χ2n) is 6.15. The molecule has 3 aromatic rings. The molecule has 0 spiro atoms.